The van der Waals surface area contributed by atoms with Crippen molar-refractivity contribution in [3.05, 3.63) is 34.7 Å². The van der Waals surface area contributed by atoms with Crippen molar-refractivity contribution in [2.24, 2.45) is 5.73 Å². The standard InChI is InChI=1S/C17H17FIN3O3S/c1-26-14-12-10(21-17(14)25)6-5-8(18)13(12)22-16(24)7-3-2-4-9(19)11(7)15(20)23/h5-6,9,14H,2-4H2,1H3,(H2,20,23)(H,21,25)(H,22,24). The number of carbonyl (C=O) groups excluding carboxylic acids is 3. The van der Waals surface area contributed by atoms with Crippen LogP contribution in [-0.2, 0) is 14.4 Å². The Balaban J connectivity index is 2.01. The topological polar surface area (TPSA) is 101 Å². The molecule has 2 unspecified atom stereocenters. The van der Waals surface area contributed by atoms with Gasteiger partial charge in [-0.1, -0.05) is 22.6 Å². The number of nitrogens with one attached hydrogen (secondary N) is 2. The van der Waals surface area contributed by atoms with E-state index in [0.29, 0.717) is 17.7 Å². The molecule has 1 heterocycles. The number of carbonyl (C=O) groups is 3. The molecular weight excluding hydrogens is 472 g/mol. The molecule has 0 saturated carbocycles. The van der Waals surface area contributed by atoms with E-state index in [1.807, 2.05) is 0 Å². The van der Waals surface area contributed by atoms with Gasteiger partial charge in [0.05, 0.1) is 5.69 Å². The van der Waals surface area contributed by atoms with Gasteiger partial charge in [-0.25, -0.2) is 4.39 Å². The number of primary amides is 1. The summed E-state index contributed by atoms with van der Waals surface area (Å²) in [5.41, 5.74) is 6.89. The molecular formula is C17H17FIN3O3S. The van der Waals surface area contributed by atoms with Gasteiger partial charge in [0.1, 0.15) is 11.1 Å². The van der Waals surface area contributed by atoms with E-state index in [-0.39, 0.29) is 26.7 Å². The number of rotatable bonds is 4. The van der Waals surface area contributed by atoms with Gasteiger partial charge in [0.15, 0.2) is 0 Å². The number of halogens is 2. The third-order valence-electron chi connectivity index (χ3n) is 4.49. The molecule has 26 heavy (non-hydrogen) atoms. The lowest BCUT2D eigenvalue weighted by Crippen LogP contribution is -2.30. The average Bonchev–Trinajstić information content (AvgIpc) is 2.92. The van der Waals surface area contributed by atoms with Crippen molar-refractivity contribution in [1.29, 1.82) is 0 Å². The fourth-order valence-electron chi connectivity index (χ4n) is 3.31. The van der Waals surface area contributed by atoms with Gasteiger partial charge in [-0.3, -0.25) is 14.4 Å². The monoisotopic (exact) mass is 489 g/mol. The van der Waals surface area contributed by atoms with Crippen LogP contribution in [0.3, 0.4) is 0 Å². The van der Waals surface area contributed by atoms with Crippen molar-refractivity contribution in [2.45, 2.75) is 28.4 Å². The summed E-state index contributed by atoms with van der Waals surface area (Å²) in [6.07, 6.45) is 3.66. The van der Waals surface area contributed by atoms with Gasteiger partial charge < -0.3 is 16.4 Å². The first-order valence-electron chi connectivity index (χ1n) is 7.99. The summed E-state index contributed by atoms with van der Waals surface area (Å²) in [6, 6.07) is 2.67. The highest BCUT2D eigenvalue weighted by atomic mass is 127. The first-order valence-corrected chi connectivity index (χ1v) is 10.5. The number of hydrogen-bond acceptors (Lipinski definition) is 4. The number of fused-ring (bicyclic) bond motifs is 1. The van der Waals surface area contributed by atoms with Gasteiger partial charge in [-0.05, 0) is 37.7 Å². The number of alkyl halides is 1. The zero-order valence-electron chi connectivity index (χ0n) is 13.9. The molecule has 2 atom stereocenters. The molecule has 0 aromatic heterocycles. The Morgan fingerprint density at radius 3 is 2.81 bits per heavy atom. The second kappa shape index (κ2) is 7.55. The SMILES string of the molecule is CSC1C(=O)Nc2ccc(F)c(NC(=O)C3=C(C(N)=O)C(I)CCC3)c21. The summed E-state index contributed by atoms with van der Waals surface area (Å²) in [5.74, 6) is -2.06. The molecule has 0 bridgehead atoms. The van der Waals surface area contributed by atoms with Crippen LogP contribution >= 0.6 is 34.4 Å². The van der Waals surface area contributed by atoms with Crippen molar-refractivity contribution in [3.63, 3.8) is 0 Å². The molecule has 9 heteroatoms. The molecule has 0 fully saturated rings. The van der Waals surface area contributed by atoms with Gasteiger partial charge in [-0.2, -0.15) is 0 Å². The predicted molar refractivity (Wildman–Crippen MR) is 108 cm³/mol. The summed E-state index contributed by atoms with van der Waals surface area (Å²) < 4.78 is 14.3. The molecule has 1 aliphatic heterocycles. The fourth-order valence-corrected chi connectivity index (χ4v) is 5.19. The van der Waals surface area contributed by atoms with Crippen molar-refractivity contribution in [1.82, 2.24) is 0 Å². The predicted octanol–water partition coefficient (Wildman–Crippen LogP) is 2.89. The largest absolute Gasteiger partial charge is 0.366 e. The fraction of sp³-hybridized carbons (Fsp3) is 0.353. The molecule has 1 aromatic rings. The Morgan fingerprint density at radius 1 is 1.42 bits per heavy atom. The van der Waals surface area contributed by atoms with E-state index in [0.717, 1.165) is 12.8 Å². The van der Waals surface area contributed by atoms with Crippen LogP contribution in [0, 0.1) is 5.82 Å². The Bertz CT molecular complexity index is 843. The highest BCUT2D eigenvalue weighted by molar-refractivity contribution is 14.1. The van der Waals surface area contributed by atoms with Crippen molar-refractivity contribution >= 4 is 63.4 Å². The summed E-state index contributed by atoms with van der Waals surface area (Å²) in [4.78, 5) is 36.6. The second-order valence-electron chi connectivity index (χ2n) is 6.06. The molecule has 0 radical (unpaired) electrons. The average molecular weight is 489 g/mol. The lowest BCUT2D eigenvalue weighted by molar-refractivity contribution is -0.116. The van der Waals surface area contributed by atoms with E-state index in [1.54, 1.807) is 6.26 Å². The Kier molecular flexibility index (Phi) is 5.56. The second-order valence-corrected chi connectivity index (χ2v) is 8.51. The van der Waals surface area contributed by atoms with Gasteiger partial charge in [0.2, 0.25) is 11.8 Å². The first kappa shape index (κ1) is 19.2. The van der Waals surface area contributed by atoms with Crippen LogP contribution in [0.15, 0.2) is 23.3 Å². The number of amides is 3. The molecule has 1 aliphatic carbocycles. The lowest BCUT2D eigenvalue weighted by Gasteiger charge is -2.23. The first-order chi connectivity index (χ1) is 12.3. The number of nitrogens with two attached hydrogens (primary N) is 1. The normalized spacial score (nSPS) is 22.0. The minimum absolute atomic E-state index is 0.0305. The van der Waals surface area contributed by atoms with Crippen LogP contribution in [-0.4, -0.2) is 27.9 Å². The Labute approximate surface area is 167 Å². The van der Waals surface area contributed by atoms with Crippen LogP contribution in [0.5, 0.6) is 0 Å². The smallest absolute Gasteiger partial charge is 0.252 e. The van der Waals surface area contributed by atoms with Crippen LogP contribution in [0.1, 0.15) is 30.1 Å². The maximum Gasteiger partial charge on any atom is 0.252 e. The minimum atomic E-state index is -0.633. The number of anilines is 2. The van der Waals surface area contributed by atoms with Crippen LogP contribution in [0.2, 0.25) is 0 Å². The number of thioether (sulfide) groups is 1. The molecule has 0 saturated heterocycles. The van der Waals surface area contributed by atoms with Crippen molar-refractivity contribution < 1.29 is 18.8 Å². The van der Waals surface area contributed by atoms with Crippen LogP contribution < -0.4 is 16.4 Å². The quantitative estimate of drug-likeness (QED) is 0.447. The molecule has 2 aliphatic rings. The Hall–Kier alpha value is -1.62. The molecule has 3 rings (SSSR count). The molecule has 3 amide bonds. The zero-order chi connectivity index (χ0) is 19.0. The van der Waals surface area contributed by atoms with Gasteiger partial charge in [0.25, 0.3) is 5.91 Å². The van der Waals surface area contributed by atoms with E-state index in [1.165, 1.54) is 23.9 Å². The van der Waals surface area contributed by atoms with Gasteiger partial charge in [-0.15, -0.1) is 11.8 Å². The van der Waals surface area contributed by atoms with Crippen LogP contribution in [0.25, 0.3) is 0 Å². The van der Waals surface area contributed by atoms with Crippen LogP contribution in [0.4, 0.5) is 15.8 Å². The molecule has 6 nitrogen and oxygen atoms in total. The van der Waals surface area contributed by atoms with E-state index in [2.05, 4.69) is 33.2 Å². The van der Waals surface area contributed by atoms with E-state index in [4.69, 9.17) is 5.73 Å². The summed E-state index contributed by atoms with van der Waals surface area (Å²) in [7, 11) is 0. The van der Waals surface area contributed by atoms with E-state index >= 15 is 0 Å². The number of benzene rings is 1. The van der Waals surface area contributed by atoms with Crippen molar-refractivity contribution in [3.8, 4) is 0 Å². The summed E-state index contributed by atoms with van der Waals surface area (Å²) in [5, 5.41) is 4.66. The third kappa shape index (κ3) is 3.34. The van der Waals surface area contributed by atoms with Gasteiger partial charge >= 0.3 is 0 Å². The van der Waals surface area contributed by atoms with Crippen molar-refractivity contribution in [2.75, 3.05) is 16.9 Å². The molecule has 0 spiro atoms. The maximum atomic E-state index is 14.5. The van der Waals surface area contributed by atoms with E-state index < -0.39 is 22.9 Å². The van der Waals surface area contributed by atoms with E-state index in [9.17, 15) is 18.8 Å². The molecule has 138 valence electrons. The van der Waals surface area contributed by atoms with Gasteiger partial charge in [0, 0.05) is 26.3 Å². The highest BCUT2D eigenvalue weighted by Crippen LogP contribution is 2.44. The summed E-state index contributed by atoms with van der Waals surface area (Å²) in [6.45, 7) is 0. The number of hydrogen-bond donors (Lipinski definition) is 3. The summed E-state index contributed by atoms with van der Waals surface area (Å²) >= 11 is 3.35. The minimum Gasteiger partial charge on any atom is -0.366 e. The highest BCUT2D eigenvalue weighted by Gasteiger charge is 2.35. The maximum absolute atomic E-state index is 14.5. The molecule has 1 aromatic carbocycles. The Morgan fingerprint density at radius 2 is 2.15 bits per heavy atom. The molecule has 4 N–H and O–H groups in total. The zero-order valence-corrected chi connectivity index (χ0v) is 16.9. The lowest BCUT2D eigenvalue weighted by atomic mass is 9.90. The third-order valence-corrected chi connectivity index (χ3v) is 6.66.